The lowest BCUT2D eigenvalue weighted by Crippen LogP contribution is -2.47. The quantitative estimate of drug-likeness (QED) is 0.229. The van der Waals surface area contributed by atoms with Gasteiger partial charge in [-0.15, -0.1) is 12.4 Å². The third-order valence-electron chi connectivity index (χ3n) is 7.25. The van der Waals surface area contributed by atoms with E-state index in [2.05, 4.69) is 10.8 Å². The molecule has 0 saturated heterocycles. The molecule has 226 valence electrons. The highest BCUT2D eigenvalue weighted by molar-refractivity contribution is 5.86. The molecule has 11 heteroatoms. The lowest BCUT2D eigenvalue weighted by atomic mass is 9.81. The molecule has 0 unspecified atom stereocenters. The molecule has 0 radical (unpaired) electrons. The van der Waals surface area contributed by atoms with E-state index in [9.17, 15) is 22.8 Å². The molecule has 3 aromatic carbocycles. The van der Waals surface area contributed by atoms with Crippen LogP contribution in [0.2, 0.25) is 0 Å². The van der Waals surface area contributed by atoms with Gasteiger partial charge in [-0.1, -0.05) is 42.5 Å². The maximum Gasteiger partial charge on any atom is 0.416 e. The fourth-order valence-corrected chi connectivity index (χ4v) is 4.75. The van der Waals surface area contributed by atoms with E-state index in [-0.39, 0.29) is 36.3 Å². The minimum atomic E-state index is -4.48. The molecular weight excluding hydrogens is 571 g/mol. The van der Waals surface area contributed by atoms with E-state index in [4.69, 9.17) is 15.3 Å². The van der Waals surface area contributed by atoms with E-state index < -0.39 is 23.8 Å². The van der Waals surface area contributed by atoms with Crippen LogP contribution in [0.4, 0.5) is 18.9 Å². The second-order valence-electron chi connectivity index (χ2n) is 10.2. The number of hydrogen-bond donors (Lipinski definition) is 3. The normalized spacial score (nSPS) is 17.3. The summed E-state index contributed by atoms with van der Waals surface area (Å²) < 4.78 is 44.4. The van der Waals surface area contributed by atoms with Gasteiger partial charge >= 0.3 is 12.1 Å². The first-order valence-corrected chi connectivity index (χ1v) is 13.6. The highest BCUT2D eigenvalue weighted by Gasteiger charge is 2.31. The van der Waals surface area contributed by atoms with Crippen molar-refractivity contribution in [1.29, 1.82) is 0 Å². The Morgan fingerprint density at radius 3 is 2.12 bits per heavy atom. The summed E-state index contributed by atoms with van der Waals surface area (Å²) in [6.45, 7) is 0.997. The maximum absolute atomic E-state index is 13.1. The van der Waals surface area contributed by atoms with Crippen molar-refractivity contribution in [2.75, 3.05) is 12.0 Å². The van der Waals surface area contributed by atoms with Crippen LogP contribution in [0, 0.1) is 11.8 Å². The number of ether oxygens (including phenoxy) is 1. The van der Waals surface area contributed by atoms with Crippen molar-refractivity contribution in [3.63, 3.8) is 0 Å². The fraction of sp³-hybridized carbons (Fsp3) is 0.355. The third-order valence-corrected chi connectivity index (χ3v) is 7.25. The number of carbonyl (C=O) groups excluding carboxylic acids is 2. The first kappa shape index (κ1) is 32.8. The number of carbonyl (C=O) groups is 2. The molecule has 1 aliphatic carbocycles. The van der Waals surface area contributed by atoms with Gasteiger partial charge in [0.05, 0.1) is 11.3 Å². The van der Waals surface area contributed by atoms with Crippen LogP contribution in [0.5, 0.6) is 5.75 Å². The number of rotatable bonds is 11. The first-order valence-electron chi connectivity index (χ1n) is 13.6. The number of amides is 1. The zero-order valence-corrected chi connectivity index (χ0v) is 23.8. The van der Waals surface area contributed by atoms with Crippen molar-refractivity contribution in [1.82, 2.24) is 5.32 Å². The number of nitrogens with one attached hydrogen (secondary N) is 2. The van der Waals surface area contributed by atoms with Gasteiger partial charge in [0.15, 0.2) is 0 Å². The zero-order chi connectivity index (χ0) is 29.2. The Hall–Kier alpha value is -3.76. The van der Waals surface area contributed by atoms with Crippen molar-refractivity contribution in [2.45, 2.75) is 50.9 Å². The van der Waals surface area contributed by atoms with Crippen LogP contribution in [0.3, 0.4) is 0 Å². The van der Waals surface area contributed by atoms with Crippen LogP contribution in [0.15, 0.2) is 78.9 Å². The van der Waals surface area contributed by atoms with Gasteiger partial charge in [-0.3, -0.25) is 4.79 Å². The molecule has 4 N–H and O–H groups in total. The van der Waals surface area contributed by atoms with E-state index in [1.54, 1.807) is 12.1 Å². The Morgan fingerprint density at radius 2 is 1.52 bits per heavy atom. The molecule has 0 aromatic heterocycles. The lowest BCUT2D eigenvalue weighted by Gasteiger charge is -2.28. The van der Waals surface area contributed by atoms with E-state index >= 15 is 0 Å². The van der Waals surface area contributed by atoms with E-state index in [1.165, 1.54) is 0 Å². The molecule has 4 rings (SSSR count). The number of hydrogen-bond acceptors (Lipinski definition) is 6. The number of alkyl halides is 3. The summed E-state index contributed by atoms with van der Waals surface area (Å²) in [5.74, 6) is -0.181. The first-order chi connectivity index (χ1) is 19.7. The molecule has 1 atom stereocenters. The Balaban J connectivity index is 0.00000484. The number of benzene rings is 3. The highest BCUT2D eigenvalue weighted by Crippen LogP contribution is 2.30. The summed E-state index contributed by atoms with van der Waals surface area (Å²) >= 11 is 0. The Bertz CT molecular complexity index is 1270. The molecular formula is C31H35ClF3N3O4. The highest BCUT2D eigenvalue weighted by atomic mass is 35.5. The molecule has 0 heterocycles. The van der Waals surface area contributed by atoms with Gasteiger partial charge in [-0.05, 0) is 85.7 Å². The third kappa shape index (κ3) is 9.66. The van der Waals surface area contributed by atoms with Gasteiger partial charge in [0.1, 0.15) is 18.4 Å². The summed E-state index contributed by atoms with van der Waals surface area (Å²) in [7, 11) is 0. The number of anilines is 1. The van der Waals surface area contributed by atoms with Gasteiger partial charge in [-0.25, -0.2) is 10.3 Å². The van der Waals surface area contributed by atoms with Crippen LogP contribution in [-0.4, -0.2) is 24.5 Å². The minimum Gasteiger partial charge on any atom is -0.489 e. The average Bonchev–Trinajstić information content (AvgIpc) is 2.99. The van der Waals surface area contributed by atoms with Crippen molar-refractivity contribution in [3.05, 3.63) is 95.6 Å². The molecule has 0 aliphatic heterocycles. The summed E-state index contributed by atoms with van der Waals surface area (Å²) in [4.78, 5) is 31.3. The molecule has 0 spiro atoms. The molecule has 7 nitrogen and oxygen atoms in total. The average molecular weight is 606 g/mol. The van der Waals surface area contributed by atoms with Crippen LogP contribution in [0.1, 0.15) is 42.4 Å². The smallest absolute Gasteiger partial charge is 0.416 e. The van der Waals surface area contributed by atoms with Gasteiger partial charge in [-0.2, -0.15) is 13.2 Å². The van der Waals surface area contributed by atoms with E-state index in [1.807, 2.05) is 42.5 Å². The Kier molecular flexibility index (Phi) is 12.1. The van der Waals surface area contributed by atoms with Crippen LogP contribution >= 0.6 is 12.4 Å². The number of nitrogens with two attached hydrogens (primary N) is 1. The second-order valence-corrected chi connectivity index (χ2v) is 10.2. The maximum atomic E-state index is 13.1. The lowest BCUT2D eigenvalue weighted by molar-refractivity contribution is -0.145. The SMILES string of the molecule is Cl.NCC1CCC(C(=O)N[C@@H](Cc2ccc(OCc3ccccc3)cc2)C(=O)ONc2ccc(C(F)(F)F)cc2)CC1. The fourth-order valence-electron chi connectivity index (χ4n) is 4.75. The Labute approximate surface area is 249 Å². The van der Waals surface area contributed by atoms with E-state index in [0.717, 1.165) is 48.2 Å². The zero-order valence-electron chi connectivity index (χ0n) is 22.9. The van der Waals surface area contributed by atoms with Gasteiger partial charge < -0.3 is 20.6 Å². The van der Waals surface area contributed by atoms with E-state index in [0.29, 0.717) is 37.7 Å². The second kappa shape index (κ2) is 15.5. The summed E-state index contributed by atoms with van der Waals surface area (Å²) in [6, 6.07) is 20.0. The molecule has 1 saturated carbocycles. The monoisotopic (exact) mass is 605 g/mol. The van der Waals surface area contributed by atoms with Crippen LogP contribution < -0.4 is 21.3 Å². The van der Waals surface area contributed by atoms with Crippen molar-refractivity contribution < 1.29 is 32.3 Å². The van der Waals surface area contributed by atoms with Gasteiger partial charge in [0.2, 0.25) is 5.91 Å². The molecule has 1 fully saturated rings. The van der Waals surface area contributed by atoms with Gasteiger partial charge in [0.25, 0.3) is 0 Å². The number of halogens is 4. The molecule has 42 heavy (non-hydrogen) atoms. The standard InChI is InChI=1S/C31H34F3N3O4.ClH/c32-31(33,34)25-12-14-26(15-13-25)37-41-30(39)28(36-29(38)24-10-6-22(19-35)7-11-24)18-21-8-16-27(17-9-21)40-20-23-4-2-1-3-5-23;/h1-5,8-9,12-17,22,24,28,37H,6-7,10-11,18-20,35H2,(H,36,38);1H/t22?,24?,28-;/m0./s1. The molecule has 1 aliphatic rings. The molecule has 1 amide bonds. The van der Waals surface area contributed by atoms with Crippen LogP contribution in [-0.2, 0) is 33.6 Å². The Morgan fingerprint density at radius 1 is 0.881 bits per heavy atom. The molecule has 3 aromatic rings. The summed E-state index contributed by atoms with van der Waals surface area (Å²) in [5, 5.41) is 2.83. The predicted molar refractivity (Wildman–Crippen MR) is 156 cm³/mol. The summed E-state index contributed by atoms with van der Waals surface area (Å²) in [5.41, 5.74) is 9.30. The minimum absolute atomic E-state index is 0. The summed E-state index contributed by atoms with van der Waals surface area (Å²) in [6.07, 6.45) is -1.25. The topological polar surface area (TPSA) is 103 Å². The largest absolute Gasteiger partial charge is 0.489 e. The molecule has 0 bridgehead atoms. The van der Waals surface area contributed by atoms with Crippen molar-refractivity contribution in [3.8, 4) is 5.75 Å². The van der Waals surface area contributed by atoms with Gasteiger partial charge in [0, 0.05) is 12.3 Å². The van der Waals surface area contributed by atoms with Crippen LogP contribution in [0.25, 0.3) is 0 Å². The van der Waals surface area contributed by atoms with Crippen molar-refractivity contribution in [2.24, 2.45) is 17.6 Å². The predicted octanol–water partition coefficient (Wildman–Crippen LogP) is 6.07. The van der Waals surface area contributed by atoms with Crippen molar-refractivity contribution >= 4 is 30.0 Å².